The quantitative estimate of drug-likeness (QED) is 0.729. The molecule has 2 rings (SSSR count). The Morgan fingerprint density at radius 3 is 2.92 bits per heavy atom. The van der Waals surface area contributed by atoms with Crippen LogP contribution < -0.4 is 5.73 Å². The van der Waals surface area contributed by atoms with E-state index < -0.39 is 0 Å². The van der Waals surface area contributed by atoms with Crippen LogP contribution in [0.1, 0.15) is 25.0 Å². The summed E-state index contributed by atoms with van der Waals surface area (Å²) in [6, 6.07) is 2.67. The molecule has 1 fully saturated rings. The Balaban J connectivity index is 1.89. The fourth-order valence-electron chi connectivity index (χ4n) is 1.69. The van der Waals surface area contributed by atoms with Gasteiger partial charge in [0.2, 0.25) is 0 Å². The van der Waals surface area contributed by atoms with Crippen LogP contribution in [0.4, 0.5) is 5.82 Å². The van der Waals surface area contributed by atoms with Gasteiger partial charge < -0.3 is 5.73 Å². The van der Waals surface area contributed by atoms with Crippen molar-refractivity contribution in [3.05, 3.63) is 11.8 Å². The maximum atomic E-state index is 5.52. The van der Waals surface area contributed by atoms with E-state index in [9.17, 15) is 0 Å². The van der Waals surface area contributed by atoms with Gasteiger partial charge in [0.05, 0.1) is 5.69 Å². The first-order valence-electron chi connectivity index (χ1n) is 4.75. The third-order valence-electron chi connectivity index (χ3n) is 2.77. The Kier molecular flexibility index (Phi) is 2.22. The van der Waals surface area contributed by atoms with Gasteiger partial charge in [-0.2, -0.15) is 5.10 Å². The number of rotatable bonds is 3. The second-order valence-corrected chi connectivity index (χ2v) is 3.82. The second kappa shape index (κ2) is 3.38. The zero-order chi connectivity index (χ0) is 9.26. The van der Waals surface area contributed by atoms with Crippen LogP contribution >= 0.6 is 0 Å². The number of nitrogens with two attached hydrogens (primary N) is 1. The topological polar surface area (TPSA) is 57.9 Å². The van der Waals surface area contributed by atoms with E-state index >= 15 is 0 Å². The van der Waals surface area contributed by atoms with Crippen molar-refractivity contribution in [2.45, 2.75) is 31.8 Å². The lowest BCUT2D eigenvalue weighted by molar-refractivity contribution is 0.151. The Morgan fingerprint density at radius 1 is 1.69 bits per heavy atom. The van der Waals surface area contributed by atoms with E-state index in [0.717, 1.165) is 18.3 Å². The molecular weight excluding hydrogens is 164 g/mol. The number of aromatic nitrogens is 2. The van der Waals surface area contributed by atoms with Crippen LogP contribution in [0.2, 0.25) is 0 Å². The highest BCUT2D eigenvalue weighted by Crippen LogP contribution is 2.24. The van der Waals surface area contributed by atoms with Crippen molar-refractivity contribution < 1.29 is 0 Å². The van der Waals surface area contributed by atoms with Crippen LogP contribution in [0.25, 0.3) is 0 Å². The minimum Gasteiger partial charge on any atom is -0.382 e. The summed E-state index contributed by atoms with van der Waals surface area (Å²) in [7, 11) is 2.15. The van der Waals surface area contributed by atoms with Gasteiger partial charge >= 0.3 is 0 Å². The molecule has 0 aliphatic heterocycles. The monoisotopic (exact) mass is 180 g/mol. The Bertz CT molecular complexity index is 277. The predicted molar refractivity (Wildman–Crippen MR) is 52.1 cm³/mol. The van der Waals surface area contributed by atoms with Crippen LogP contribution in [0, 0.1) is 0 Å². The number of anilines is 1. The molecule has 1 aromatic rings. The van der Waals surface area contributed by atoms with Crippen LogP contribution in [0.3, 0.4) is 0 Å². The number of nitrogens with one attached hydrogen (secondary N) is 1. The summed E-state index contributed by atoms with van der Waals surface area (Å²) < 4.78 is 0. The van der Waals surface area contributed by atoms with Crippen molar-refractivity contribution in [2.75, 3.05) is 12.8 Å². The predicted octanol–water partition coefficient (Wildman–Crippen LogP) is 0.976. The third-order valence-corrected chi connectivity index (χ3v) is 2.77. The highest BCUT2D eigenvalue weighted by atomic mass is 15.2. The third kappa shape index (κ3) is 1.83. The summed E-state index contributed by atoms with van der Waals surface area (Å²) in [4.78, 5) is 2.36. The molecule has 72 valence electrons. The molecule has 0 amide bonds. The molecule has 0 unspecified atom stereocenters. The molecule has 0 radical (unpaired) electrons. The minimum absolute atomic E-state index is 0.581. The molecule has 0 bridgehead atoms. The highest BCUT2D eigenvalue weighted by Gasteiger charge is 2.21. The molecular formula is C9H16N4. The lowest BCUT2D eigenvalue weighted by Gasteiger charge is -2.34. The molecule has 13 heavy (non-hydrogen) atoms. The molecule has 4 nitrogen and oxygen atoms in total. The van der Waals surface area contributed by atoms with Gasteiger partial charge in [-0.15, -0.1) is 0 Å². The largest absolute Gasteiger partial charge is 0.382 e. The van der Waals surface area contributed by atoms with Gasteiger partial charge in [-0.3, -0.25) is 10.00 Å². The molecule has 1 aliphatic carbocycles. The molecule has 0 saturated heterocycles. The average Bonchev–Trinajstić information content (AvgIpc) is 2.31. The van der Waals surface area contributed by atoms with Gasteiger partial charge in [0.15, 0.2) is 0 Å². The van der Waals surface area contributed by atoms with Crippen LogP contribution in [-0.4, -0.2) is 28.2 Å². The fraction of sp³-hybridized carbons (Fsp3) is 0.667. The maximum absolute atomic E-state index is 5.52. The van der Waals surface area contributed by atoms with Gasteiger partial charge in [-0.05, 0) is 19.9 Å². The summed E-state index contributed by atoms with van der Waals surface area (Å²) >= 11 is 0. The standard InChI is InChI=1S/C9H16N4/c1-13(8-3-2-4-8)6-7-5-9(10)12-11-7/h5,8H,2-4,6H2,1H3,(H3,10,11,12). The number of nitrogens with zero attached hydrogens (tertiary/aromatic N) is 2. The van der Waals surface area contributed by atoms with Crippen LogP contribution in [0.5, 0.6) is 0 Å². The SMILES string of the molecule is CN(Cc1cc(N)n[nH]1)C1CCC1. The molecule has 0 atom stereocenters. The zero-order valence-electron chi connectivity index (χ0n) is 7.95. The summed E-state index contributed by atoms with van der Waals surface area (Å²) in [6.07, 6.45) is 4.04. The molecule has 1 heterocycles. The van der Waals surface area contributed by atoms with E-state index in [-0.39, 0.29) is 0 Å². The van der Waals surface area contributed by atoms with E-state index in [4.69, 9.17) is 5.73 Å². The van der Waals surface area contributed by atoms with Crippen molar-refractivity contribution in [3.63, 3.8) is 0 Å². The minimum atomic E-state index is 0.581. The molecule has 3 N–H and O–H groups in total. The van der Waals surface area contributed by atoms with Crippen molar-refractivity contribution in [1.29, 1.82) is 0 Å². The first-order chi connectivity index (χ1) is 6.25. The maximum Gasteiger partial charge on any atom is 0.145 e. The molecule has 1 aliphatic rings. The second-order valence-electron chi connectivity index (χ2n) is 3.82. The summed E-state index contributed by atoms with van der Waals surface area (Å²) in [6.45, 7) is 0.925. The van der Waals surface area contributed by atoms with E-state index in [1.54, 1.807) is 0 Å². The molecule has 1 saturated carbocycles. The number of nitrogen functional groups attached to an aromatic ring is 1. The number of aromatic amines is 1. The van der Waals surface area contributed by atoms with E-state index in [1.807, 2.05) is 6.07 Å². The van der Waals surface area contributed by atoms with Crippen LogP contribution in [-0.2, 0) is 6.54 Å². The summed E-state index contributed by atoms with van der Waals surface area (Å²) in [5.41, 5.74) is 6.62. The van der Waals surface area contributed by atoms with Gasteiger partial charge in [0, 0.05) is 18.7 Å². The lowest BCUT2D eigenvalue weighted by Crippen LogP contribution is -2.36. The average molecular weight is 180 g/mol. The van der Waals surface area contributed by atoms with Gasteiger partial charge in [0.25, 0.3) is 0 Å². The molecule has 4 heteroatoms. The Labute approximate surface area is 78.1 Å². The number of H-pyrrole nitrogens is 1. The smallest absolute Gasteiger partial charge is 0.145 e. The first kappa shape index (κ1) is 8.56. The number of hydrogen-bond donors (Lipinski definition) is 2. The highest BCUT2D eigenvalue weighted by molar-refractivity contribution is 5.28. The molecule has 0 aromatic carbocycles. The normalized spacial score (nSPS) is 17.7. The van der Waals surface area contributed by atoms with Gasteiger partial charge in [0.1, 0.15) is 5.82 Å². The van der Waals surface area contributed by atoms with Gasteiger partial charge in [-0.25, -0.2) is 0 Å². The van der Waals surface area contributed by atoms with Crippen LogP contribution in [0.15, 0.2) is 6.07 Å². The first-order valence-corrected chi connectivity index (χ1v) is 4.75. The van der Waals surface area contributed by atoms with E-state index in [1.165, 1.54) is 19.3 Å². The lowest BCUT2D eigenvalue weighted by atomic mass is 9.92. The summed E-state index contributed by atoms with van der Waals surface area (Å²) in [5, 5.41) is 6.82. The zero-order valence-corrected chi connectivity index (χ0v) is 7.95. The van der Waals surface area contributed by atoms with Crippen molar-refractivity contribution >= 4 is 5.82 Å². The van der Waals surface area contributed by atoms with Crippen molar-refractivity contribution in [1.82, 2.24) is 15.1 Å². The van der Waals surface area contributed by atoms with Crippen molar-refractivity contribution in [3.8, 4) is 0 Å². The molecule has 1 aromatic heterocycles. The molecule has 0 spiro atoms. The van der Waals surface area contributed by atoms with Gasteiger partial charge in [-0.1, -0.05) is 6.42 Å². The number of hydrogen-bond acceptors (Lipinski definition) is 3. The Hall–Kier alpha value is -1.03. The fourth-order valence-corrected chi connectivity index (χ4v) is 1.69. The van der Waals surface area contributed by atoms with E-state index in [0.29, 0.717) is 5.82 Å². The van der Waals surface area contributed by atoms with Crippen molar-refractivity contribution in [2.24, 2.45) is 0 Å². The van der Waals surface area contributed by atoms with E-state index in [2.05, 4.69) is 22.1 Å². The summed E-state index contributed by atoms with van der Waals surface area (Å²) in [5.74, 6) is 0.581. The Morgan fingerprint density at radius 2 is 2.46 bits per heavy atom.